The number of hydrogen-bond acceptors (Lipinski definition) is 1. The molecule has 0 heterocycles. The van der Waals surface area contributed by atoms with E-state index in [2.05, 4.69) is 66.7 Å². The van der Waals surface area contributed by atoms with Gasteiger partial charge in [-0.15, -0.1) is 0 Å². The van der Waals surface area contributed by atoms with Gasteiger partial charge in [0.25, 0.3) is 0 Å². The van der Waals surface area contributed by atoms with Crippen LogP contribution >= 0.6 is 0 Å². The van der Waals surface area contributed by atoms with Gasteiger partial charge in [0.05, 0.1) is 0 Å². The molecule has 5 aromatic carbocycles. The van der Waals surface area contributed by atoms with Crippen molar-refractivity contribution in [2.75, 3.05) is 0 Å². The minimum absolute atomic E-state index is 0.368. The van der Waals surface area contributed by atoms with Crippen LogP contribution in [0.1, 0.15) is 11.1 Å². The lowest BCUT2D eigenvalue weighted by Crippen LogP contribution is -1.92. The highest BCUT2D eigenvalue weighted by atomic mass is 16.3. The van der Waals surface area contributed by atoms with Crippen LogP contribution in [-0.4, -0.2) is 5.11 Å². The molecule has 0 aliphatic rings. The van der Waals surface area contributed by atoms with Crippen molar-refractivity contribution in [1.29, 1.82) is 0 Å². The first-order valence-electron chi connectivity index (χ1n) is 9.56. The molecular weight excluding hydrogens is 340 g/mol. The van der Waals surface area contributed by atoms with Gasteiger partial charge in [0.15, 0.2) is 0 Å². The number of benzene rings is 5. The molecule has 134 valence electrons. The zero-order valence-electron chi connectivity index (χ0n) is 15.5. The Bertz CT molecular complexity index is 1290. The first kappa shape index (κ1) is 16.6. The van der Waals surface area contributed by atoms with E-state index >= 15 is 0 Å². The fraction of sp³-hybridized carbons (Fsp3) is 0.0370. The lowest BCUT2D eigenvalue weighted by Gasteiger charge is -2.13. The fourth-order valence-corrected chi connectivity index (χ4v) is 3.98. The van der Waals surface area contributed by atoms with Gasteiger partial charge in [0.2, 0.25) is 0 Å². The van der Waals surface area contributed by atoms with Gasteiger partial charge in [-0.3, -0.25) is 0 Å². The zero-order chi connectivity index (χ0) is 18.9. The molecule has 5 rings (SSSR count). The highest BCUT2D eigenvalue weighted by Gasteiger charge is 2.12. The molecule has 0 amide bonds. The van der Waals surface area contributed by atoms with Gasteiger partial charge in [-0.25, -0.2) is 0 Å². The third-order valence-electron chi connectivity index (χ3n) is 5.41. The lowest BCUT2D eigenvalue weighted by atomic mass is 9.93. The van der Waals surface area contributed by atoms with Crippen LogP contribution in [0.25, 0.3) is 32.7 Å². The SMILES string of the molecule is Oc1c(Cc2ccc3ccccc3c2)cccc1-c1cccc2ccccc12. The summed E-state index contributed by atoms with van der Waals surface area (Å²) in [5.41, 5.74) is 4.09. The standard InChI is InChI=1S/C27H20O/c28-27-23(18-19-15-16-20-7-1-2-9-22(20)17-19)11-6-14-26(27)25-13-5-10-21-8-3-4-12-24(21)25/h1-17,28H,18H2. The van der Waals surface area contributed by atoms with E-state index in [-0.39, 0.29) is 0 Å². The summed E-state index contributed by atoms with van der Waals surface area (Å²) in [6, 6.07) is 35.5. The molecule has 0 aliphatic heterocycles. The molecule has 1 N–H and O–H groups in total. The van der Waals surface area contributed by atoms with Gasteiger partial charge in [-0.05, 0) is 38.2 Å². The number of rotatable bonds is 3. The average molecular weight is 360 g/mol. The molecule has 28 heavy (non-hydrogen) atoms. The van der Waals surface area contributed by atoms with Crippen molar-refractivity contribution in [3.8, 4) is 16.9 Å². The van der Waals surface area contributed by atoms with Crippen LogP contribution in [0.2, 0.25) is 0 Å². The molecule has 1 heteroatoms. The molecule has 0 saturated heterocycles. The van der Waals surface area contributed by atoms with E-state index in [0.717, 1.165) is 22.1 Å². The first-order chi connectivity index (χ1) is 13.8. The number of phenolic OH excluding ortho intramolecular Hbond substituents is 1. The largest absolute Gasteiger partial charge is 0.507 e. The minimum Gasteiger partial charge on any atom is -0.507 e. The summed E-state index contributed by atoms with van der Waals surface area (Å²) in [6.07, 6.45) is 0.704. The molecule has 0 saturated carbocycles. The minimum atomic E-state index is 0.368. The predicted octanol–water partition coefficient (Wildman–Crippen LogP) is 6.96. The second kappa shape index (κ2) is 6.86. The molecule has 5 aromatic rings. The normalized spacial score (nSPS) is 11.1. The van der Waals surface area contributed by atoms with E-state index in [4.69, 9.17) is 0 Å². The monoisotopic (exact) mass is 360 g/mol. The van der Waals surface area contributed by atoms with Crippen LogP contribution < -0.4 is 0 Å². The molecule has 0 aliphatic carbocycles. The predicted molar refractivity (Wildman–Crippen MR) is 118 cm³/mol. The molecule has 0 fully saturated rings. The van der Waals surface area contributed by atoms with Crippen LogP contribution in [0, 0.1) is 0 Å². The van der Waals surface area contributed by atoms with Crippen molar-refractivity contribution < 1.29 is 5.11 Å². The van der Waals surface area contributed by atoms with Crippen LogP contribution in [0.15, 0.2) is 103 Å². The number of hydrogen-bond donors (Lipinski definition) is 1. The zero-order valence-corrected chi connectivity index (χ0v) is 15.5. The Balaban J connectivity index is 1.58. The summed E-state index contributed by atoms with van der Waals surface area (Å²) >= 11 is 0. The number of aromatic hydroxyl groups is 1. The van der Waals surface area contributed by atoms with Crippen molar-refractivity contribution in [2.24, 2.45) is 0 Å². The Morgan fingerprint density at radius 2 is 1.21 bits per heavy atom. The molecule has 0 unspecified atom stereocenters. The molecule has 1 nitrogen and oxygen atoms in total. The maximum absolute atomic E-state index is 11.1. The maximum atomic E-state index is 11.1. The van der Waals surface area contributed by atoms with Crippen LogP contribution in [0.4, 0.5) is 0 Å². The summed E-state index contributed by atoms with van der Waals surface area (Å²) in [6.45, 7) is 0. The van der Waals surface area contributed by atoms with Gasteiger partial charge >= 0.3 is 0 Å². The summed E-state index contributed by atoms with van der Waals surface area (Å²) in [4.78, 5) is 0. The molecule has 0 aromatic heterocycles. The highest BCUT2D eigenvalue weighted by molar-refractivity contribution is 5.98. The lowest BCUT2D eigenvalue weighted by molar-refractivity contribution is 0.471. The van der Waals surface area contributed by atoms with Crippen LogP contribution in [-0.2, 0) is 6.42 Å². The maximum Gasteiger partial charge on any atom is 0.126 e. The van der Waals surface area contributed by atoms with E-state index in [1.165, 1.54) is 21.7 Å². The van der Waals surface area contributed by atoms with Gasteiger partial charge < -0.3 is 5.11 Å². The first-order valence-corrected chi connectivity index (χ1v) is 9.56. The van der Waals surface area contributed by atoms with E-state index < -0.39 is 0 Å². The van der Waals surface area contributed by atoms with Gasteiger partial charge in [0, 0.05) is 12.0 Å². The topological polar surface area (TPSA) is 20.2 Å². The summed E-state index contributed by atoms with van der Waals surface area (Å²) < 4.78 is 0. The van der Waals surface area contributed by atoms with Crippen molar-refractivity contribution in [3.05, 3.63) is 114 Å². The van der Waals surface area contributed by atoms with Crippen molar-refractivity contribution in [2.45, 2.75) is 6.42 Å². The molecular formula is C27H20O. The van der Waals surface area contributed by atoms with Crippen molar-refractivity contribution in [3.63, 3.8) is 0 Å². The molecule has 0 radical (unpaired) electrons. The summed E-state index contributed by atoms with van der Waals surface area (Å²) in [7, 11) is 0. The highest BCUT2D eigenvalue weighted by Crippen LogP contribution is 2.37. The summed E-state index contributed by atoms with van der Waals surface area (Å²) in [5, 5.41) is 15.9. The van der Waals surface area contributed by atoms with E-state index in [9.17, 15) is 5.11 Å². The second-order valence-electron chi connectivity index (χ2n) is 7.20. The summed E-state index contributed by atoms with van der Waals surface area (Å²) in [5.74, 6) is 0.368. The van der Waals surface area contributed by atoms with Crippen LogP contribution in [0.3, 0.4) is 0 Å². The third-order valence-corrected chi connectivity index (χ3v) is 5.41. The Labute approximate surface area is 164 Å². The Morgan fingerprint density at radius 3 is 2.11 bits per heavy atom. The number of fused-ring (bicyclic) bond motifs is 2. The average Bonchev–Trinajstić information content (AvgIpc) is 2.75. The number of phenols is 1. The van der Waals surface area contributed by atoms with Gasteiger partial charge in [-0.2, -0.15) is 0 Å². The quantitative estimate of drug-likeness (QED) is 0.369. The van der Waals surface area contributed by atoms with E-state index in [0.29, 0.717) is 12.2 Å². The fourth-order valence-electron chi connectivity index (χ4n) is 3.98. The number of para-hydroxylation sites is 1. The Hall–Kier alpha value is -3.58. The van der Waals surface area contributed by atoms with Crippen LogP contribution in [0.5, 0.6) is 5.75 Å². The molecule has 0 bridgehead atoms. The Morgan fingerprint density at radius 1 is 0.536 bits per heavy atom. The third kappa shape index (κ3) is 2.91. The van der Waals surface area contributed by atoms with E-state index in [1.54, 1.807) is 0 Å². The molecule has 0 atom stereocenters. The second-order valence-corrected chi connectivity index (χ2v) is 7.20. The molecule has 0 spiro atoms. The smallest absolute Gasteiger partial charge is 0.126 e. The Kier molecular flexibility index (Phi) is 4.06. The van der Waals surface area contributed by atoms with Crippen molar-refractivity contribution >= 4 is 21.5 Å². The van der Waals surface area contributed by atoms with Gasteiger partial charge in [0.1, 0.15) is 5.75 Å². The van der Waals surface area contributed by atoms with Crippen molar-refractivity contribution in [1.82, 2.24) is 0 Å². The van der Waals surface area contributed by atoms with E-state index in [1.807, 2.05) is 36.4 Å². The van der Waals surface area contributed by atoms with Gasteiger partial charge in [-0.1, -0.05) is 103 Å².